The predicted octanol–water partition coefficient (Wildman–Crippen LogP) is 0.887. The molecule has 1 aromatic carbocycles. The van der Waals surface area contributed by atoms with Crippen molar-refractivity contribution in [2.45, 2.75) is 25.2 Å². The first kappa shape index (κ1) is 9.90. The Labute approximate surface area is 87.7 Å². The second-order valence-electron chi connectivity index (χ2n) is 3.82. The fourth-order valence-corrected chi connectivity index (χ4v) is 2.05. The minimum atomic E-state index is -1.19. The third-order valence-corrected chi connectivity index (χ3v) is 2.83. The van der Waals surface area contributed by atoms with E-state index in [1.54, 1.807) is 18.2 Å². The van der Waals surface area contributed by atoms with Crippen molar-refractivity contribution < 1.29 is 14.7 Å². The summed E-state index contributed by atoms with van der Waals surface area (Å²) in [6.07, 6.45) is 2.34. The highest BCUT2D eigenvalue weighted by atomic mass is 16.4. The van der Waals surface area contributed by atoms with Gasteiger partial charge in [0, 0.05) is 12.3 Å². The molecule has 1 aliphatic carbocycles. The van der Waals surface area contributed by atoms with Crippen LogP contribution in [0.1, 0.15) is 41.1 Å². The van der Waals surface area contributed by atoms with Crippen LogP contribution in [-0.4, -0.2) is 11.8 Å². The molecule has 15 heavy (non-hydrogen) atoms. The zero-order valence-corrected chi connectivity index (χ0v) is 8.23. The van der Waals surface area contributed by atoms with E-state index in [9.17, 15) is 14.7 Å². The van der Waals surface area contributed by atoms with Crippen molar-refractivity contribution >= 4 is 11.8 Å². The standard InChI is InChI=1S/C12H12O3/c13-11-6-2-5-10(11)8-3-1-4-9(7-8)12(14)15/h1,3-4,7,10H,2,5-6H2,(H,14,15)/p-1. The number of ketones is 1. The van der Waals surface area contributed by atoms with Crippen molar-refractivity contribution in [2.75, 3.05) is 0 Å². The molecule has 0 radical (unpaired) electrons. The maximum atomic E-state index is 11.5. The zero-order valence-electron chi connectivity index (χ0n) is 8.23. The number of aromatic carboxylic acids is 1. The van der Waals surface area contributed by atoms with Gasteiger partial charge in [-0.2, -0.15) is 0 Å². The van der Waals surface area contributed by atoms with Gasteiger partial charge in [0.05, 0.1) is 5.97 Å². The smallest absolute Gasteiger partial charge is 0.140 e. The van der Waals surface area contributed by atoms with E-state index in [1.807, 2.05) is 0 Å². The van der Waals surface area contributed by atoms with E-state index in [4.69, 9.17) is 0 Å². The van der Waals surface area contributed by atoms with Crippen LogP contribution in [0.15, 0.2) is 24.3 Å². The van der Waals surface area contributed by atoms with E-state index in [-0.39, 0.29) is 17.3 Å². The number of carbonyl (C=O) groups is 2. The van der Waals surface area contributed by atoms with Crippen molar-refractivity contribution in [2.24, 2.45) is 0 Å². The van der Waals surface area contributed by atoms with Crippen LogP contribution in [-0.2, 0) is 4.79 Å². The summed E-state index contributed by atoms with van der Waals surface area (Å²) in [5, 5.41) is 10.7. The summed E-state index contributed by atoms with van der Waals surface area (Å²) in [5.41, 5.74) is 0.950. The first-order valence-corrected chi connectivity index (χ1v) is 5.02. The van der Waals surface area contributed by atoms with Crippen LogP contribution in [0, 0.1) is 0 Å². The summed E-state index contributed by atoms with van der Waals surface area (Å²) in [4.78, 5) is 22.1. The van der Waals surface area contributed by atoms with Crippen molar-refractivity contribution in [1.82, 2.24) is 0 Å². The molecule has 3 heteroatoms. The molecule has 1 atom stereocenters. The summed E-state index contributed by atoms with van der Waals surface area (Å²) >= 11 is 0. The molecule has 0 saturated heterocycles. The van der Waals surface area contributed by atoms with Crippen LogP contribution >= 0.6 is 0 Å². The number of Topliss-reactive ketones (excluding diaryl/α,β-unsaturated/α-hetero) is 1. The Hall–Kier alpha value is -1.64. The highest BCUT2D eigenvalue weighted by Crippen LogP contribution is 2.31. The molecule has 0 bridgehead atoms. The van der Waals surface area contributed by atoms with Gasteiger partial charge in [-0.15, -0.1) is 0 Å². The maximum Gasteiger partial charge on any atom is 0.140 e. The first-order chi connectivity index (χ1) is 7.18. The van der Waals surface area contributed by atoms with E-state index in [2.05, 4.69) is 0 Å². The van der Waals surface area contributed by atoms with Crippen LogP contribution in [0.4, 0.5) is 0 Å². The van der Waals surface area contributed by atoms with Gasteiger partial charge in [-0.05, 0) is 30.0 Å². The molecule has 1 aromatic rings. The van der Waals surface area contributed by atoms with Gasteiger partial charge in [-0.1, -0.05) is 18.2 Å². The Kier molecular flexibility index (Phi) is 2.54. The highest BCUT2D eigenvalue weighted by molar-refractivity contribution is 5.89. The van der Waals surface area contributed by atoms with Crippen molar-refractivity contribution in [1.29, 1.82) is 0 Å². The van der Waals surface area contributed by atoms with Gasteiger partial charge in [-0.25, -0.2) is 0 Å². The average Bonchev–Trinajstić information content (AvgIpc) is 2.64. The molecule has 1 saturated carbocycles. The van der Waals surface area contributed by atoms with E-state index < -0.39 is 5.97 Å². The van der Waals surface area contributed by atoms with Gasteiger partial charge >= 0.3 is 0 Å². The molecule has 0 spiro atoms. The second-order valence-corrected chi connectivity index (χ2v) is 3.82. The molecule has 0 aromatic heterocycles. The fraction of sp³-hybridized carbons (Fsp3) is 0.333. The molecule has 1 aliphatic rings. The zero-order chi connectivity index (χ0) is 10.8. The SMILES string of the molecule is O=C([O-])c1cccc(C2CCCC2=O)c1. The molecule has 0 aliphatic heterocycles. The Morgan fingerprint density at radius 2 is 2.20 bits per heavy atom. The number of carboxylic acids is 1. The predicted molar refractivity (Wildman–Crippen MR) is 52.4 cm³/mol. The lowest BCUT2D eigenvalue weighted by atomic mass is 9.95. The number of hydrogen-bond acceptors (Lipinski definition) is 3. The Morgan fingerprint density at radius 3 is 2.80 bits per heavy atom. The largest absolute Gasteiger partial charge is 0.545 e. The topological polar surface area (TPSA) is 57.2 Å². The third-order valence-electron chi connectivity index (χ3n) is 2.83. The van der Waals surface area contributed by atoms with Crippen LogP contribution in [0.25, 0.3) is 0 Å². The highest BCUT2D eigenvalue weighted by Gasteiger charge is 2.25. The molecule has 1 unspecified atom stereocenters. The minimum Gasteiger partial charge on any atom is -0.545 e. The summed E-state index contributed by atoms with van der Waals surface area (Å²) in [6, 6.07) is 6.49. The minimum absolute atomic E-state index is 0.107. The number of carboxylic acid groups (broad SMARTS) is 1. The second kappa shape index (κ2) is 3.85. The number of rotatable bonds is 2. The van der Waals surface area contributed by atoms with Gasteiger partial charge < -0.3 is 9.90 Å². The summed E-state index contributed by atoms with van der Waals surface area (Å²) < 4.78 is 0. The van der Waals surface area contributed by atoms with E-state index in [0.717, 1.165) is 18.4 Å². The van der Waals surface area contributed by atoms with E-state index in [1.165, 1.54) is 6.07 Å². The van der Waals surface area contributed by atoms with E-state index in [0.29, 0.717) is 6.42 Å². The summed E-state index contributed by atoms with van der Waals surface area (Å²) in [5.74, 6) is -1.09. The Bertz CT molecular complexity index is 409. The molecule has 1 fully saturated rings. The van der Waals surface area contributed by atoms with Gasteiger partial charge in [0.15, 0.2) is 0 Å². The molecule has 0 N–H and O–H groups in total. The Balaban J connectivity index is 2.32. The summed E-state index contributed by atoms with van der Waals surface area (Å²) in [7, 11) is 0. The fourth-order valence-electron chi connectivity index (χ4n) is 2.05. The van der Waals surface area contributed by atoms with E-state index >= 15 is 0 Å². The Morgan fingerprint density at radius 1 is 1.40 bits per heavy atom. The molecular weight excluding hydrogens is 192 g/mol. The molecule has 3 nitrogen and oxygen atoms in total. The average molecular weight is 203 g/mol. The molecule has 0 amide bonds. The normalized spacial score (nSPS) is 20.5. The first-order valence-electron chi connectivity index (χ1n) is 5.02. The van der Waals surface area contributed by atoms with Crippen molar-refractivity contribution in [3.63, 3.8) is 0 Å². The van der Waals surface area contributed by atoms with Crippen LogP contribution < -0.4 is 5.11 Å². The van der Waals surface area contributed by atoms with Gasteiger partial charge in [0.1, 0.15) is 5.78 Å². The van der Waals surface area contributed by atoms with Gasteiger partial charge in [0.25, 0.3) is 0 Å². The molecule has 78 valence electrons. The van der Waals surface area contributed by atoms with Gasteiger partial charge in [0.2, 0.25) is 0 Å². The molecule has 0 heterocycles. The molecular formula is C12H11O3-. The molecule has 2 rings (SSSR count). The van der Waals surface area contributed by atoms with Crippen molar-refractivity contribution in [3.05, 3.63) is 35.4 Å². The lowest BCUT2D eigenvalue weighted by molar-refractivity contribution is -0.255. The quantitative estimate of drug-likeness (QED) is 0.717. The van der Waals surface area contributed by atoms with Crippen LogP contribution in [0.2, 0.25) is 0 Å². The third kappa shape index (κ3) is 1.91. The van der Waals surface area contributed by atoms with Crippen LogP contribution in [0.5, 0.6) is 0 Å². The summed E-state index contributed by atoms with van der Waals surface area (Å²) in [6.45, 7) is 0. The number of carbonyl (C=O) groups excluding carboxylic acids is 2. The number of hydrogen-bond donors (Lipinski definition) is 0. The van der Waals surface area contributed by atoms with Crippen LogP contribution in [0.3, 0.4) is 0 Å². The lowest BCUT2D eigenvalue weighted by Crippen LogP contribution is -2.22. The monoisotopic (exact) mass is 203 g/mol. The number of benzene rings is 1. The van der Waals surface area contributed by atoms with Crippen molar-refractivity contribution in [3.8, 4) is 0 Å². The lowest BCUT2D eigenvalue weighted by Gasteiger charge is -2.10. The van der Waals surface area contributed by atoms with Gasteiger partial charge in [-0.3, -0.25) is 4.79 Å². The maximum absolute atomic E-state index is 11.5.